The first-order valence-corrected chi connectivity index (χ1v) is 12.8. The van der Waals surface area contributed by atoms with E-state index in [9.17, 15) is 4.79 Å². The van der Waals surface area contributed by atoms with E-state index in [0.717, 1.165) is 10.2 Å². The van der Waals surface area contributed by atoms with Crippen molar-refractivity contribution in [2.24, 2.45) is 0 Å². The molecule has 5 aromatic rings. The molecule has 0 bridgehead atoms. The van der Waals surface area contributed by atoms with Crippen LogP contribution in [0.3, 0.4) is 0 Å². The molecule has 0 radical (unpaired) electrons. The van der Waals surface area contributed by atoms with Gasteiger partial charge in [0.25, 0.3) is 5.91 Å². The van der Waals surface area contributed by atoms with Gasteiger partial charge in [0.1, 0.15) is 28.3 Å². The van der Waals surface area contributed by atoms with Crippen LogP contribution in [0.1, 0.15) is 29.5 Å². The Bertz CT molecular complexity index is 1490. The largest absolute Gasteiger partial charge is 0.492 e. The number of ether oxygens (including phenoxy) is 1. The molecule has 10 heteroatoms. The van der Waals surface area contributed by atoms with E-state index < -0.39 is 0 Å². The molecule has 0 spiro atoms. The molecule has 0 saturated carbocycles. The number of imidazole rings is 1. The van der Waals surface area contributed by atoms with Crippen LogP contribution < -0.4 is 9.64 Å². The number of thiazole rings is 1. The van der Waals surface area contributed by atoms with Gasteiger partial charge in [-0.25, -0.2) is 9.97 Å². The second kappa shape index (κ2) is 10.5. The van der Waals surface area contributed by atoms with Crippen molar-refractivity contribution >= 4 is 44.2 Å². The normalized spacial score (nSPS) is 11.2. The maximum Gasteiger partial charge on any atom is 0.265 e. The molecule has 0 unspecified atom stereocenters. The van der Waals surface area contributed by atoms with Crippen LogP contribution in [-0.4, -0.2) is 38.8 Å². The van der Waals surface area contributed by atoms with Crippen molar-refractivity contribution in [1.29, 1.82) is 0 Å². The van der Waals surface area contributed by atoms with Crippen molar-refractivity contribution < 1.29 is 14.1 Å². The molecule has 0 atom stereocenters. The molecule has 2 aromatic carbocycles. The van der Waals surface area contributed by atoms with Gasteiger partial charge in [0, 0.05) is 31.0 Å². The molecular weight excluding hydrogens is 498 g/mol. The Balaban J connectivity index is 1.55. The summed E-state index contributed by atoms with van der Waals surface area (Å²) >= 11 is 7.89. The lowest BCUT2D eigenvalue weighted by Crippen LogP contribution is -2.33. The van der Waals surface area contributed by atoms with Gasteiger partial charge in [0.15, 0.2) is 5.13 Å². The minimum Gasteiger partial charge on any atom is -0.492 e. The summed E-state index contributed by atoms with van der Waals surface area (Å²) in [7, 11) is 0. The van der Waals surface area contributed by atoms with E-state index in [-0.39, 0.29) is 5.91 Å². The standard InChI is InChI=1S/C26H24ClN5O3S/c1-3-34-20-10-6-11-21-24(20)29-26(36-21)32(14-7-13-31-15-12-28-16-31)25(33)22-17(2)35-30-23(22)18-8-4-5-9-19(18)27/h4-6,8-12,15-16H,3,7,13-14H2,1-2H3. The maximum absolute atomic E-state index is 14.1. The van der Waals surface area contributed by atoms with Crippen LogP contribution in [-0.2, 0) is 6.54 Å². The van der Waals surface area contributed by atoms with E-state index in [0.29, 0.717) is 64.6 Å². The molecule has 8 nitrogen and oxygen atoms in total. The molecule has 0 aliphatic rings. The highest BCUT2D eigenvalue weighted by atomic mass is 35.5. The lowest BCUT2D eigenvalue weighted by atomic mass is 10.1. The highest BCUT2D eigenvalue weighted by Gasteiger charge is 2.29. The van der Waals surface area contributed by atoms with Gasteiger partial charge < -0.3 is 13.8 Å². The molecule has 0 fully saturated rings. The van der Waals surface area contributed by atoms with Crippen molar-refractivity contribution in [2.45, 2.75) is 26.8 Å². The van der Waals surface area contributed by atoms with Crippen molar-refractivity contribution in [2.75, 3.05) is 18.1 Å². The number of carbonyl (C=O) groups excluding carboxylic acids is 1. The van der Waals surface area contributed by atoms with E-state index >= 15 is 0 Å². The Hall–Kier alpha value is -3.69. The molecule has 0 aliphatic heterocycles. The average molecular weight is 522 g/mol. The topological polar surface area (TPSA) is 86.3 Å². The van der Waals surface area contributed by atoms with Gasteiger partial charge >= 0.3 is 0 Å². The lowest BCUT2D eigenvalue weighted by Gasteiger charge is -2.20. The minimum atomic E-state index is -0.244. The zero-order chi connectivity index (χ0) is 25.1. The van der Waals surface area contributed by atoms with Gasteiger partial charge in [0.2, 0.25) is 0 Å². The lowest BCUT2D eigenvalue weighted by molar-refractivity contribution is 0.0985. The van der Waals surface area contributed by atoms with Gasteiger partial charge in [-0.3, -0.25) is 9.69 Å². The Labute approximate surface area is 217 Å². The predicted octanol–water partition coefficient (Wildman–Crippen LogP) is 6.25. The van der Waals surface area contributed by atoms with Crippen LogP contribution in [0.4, 0.5) is 5.13 Å². The number of hydrogen-bond donors (Lipinski definition) is 0. The summed E-state index contributed by atoms with van der Waals surface area (Å²) in [4.78, 5) is 24.7. The van der Waals surface area contributed by atoms with E-state index in [1.165, 1.54) is 11.3 Å². The van der Waals surface area contributed by atoms with Crippen LogP contribution in [0.15, 0.2) is 65.7 Å². The van der Waals surface area contributed by atoms with Crippen molar-refractivity contribution in [3.8, 4) is 17.0 Å². The van der Waals surface area contributed by atoms with Crippen molar-refractivity contribution in [3.63, 3.8) is 0 Å². The van der Waals surface area contributed by atoms with Crippen LogP contribution in [0.5, 0.6) is 5.75 Å². The van der Waals surface area contributed by atoms with E-state index in [4.69, 9.17) is 25.8 Å². The molecule has 0 N–H and O–H groups in total. The fourth-order valence-electron chi connectivity index (χ4n) is 4.01. The zero-order valence-corrected chi connectivity index (χ0v) is 21.4. The second-order valence-corrected chi connectivity index (χ2v) is 9.50. The molecule has 0 aliphatic carbocycles. The fourth-order valence-corrected chi connectivity index (χ4v) is 5.24. The molecule has 184 valence electrons. The van der Waals surface area contributed by atoms with Gasteiger partial charge in [-0.05, 0) is 38.5 Å². The Morgan fingerprint density at radius 1 is 1.22 bits per heavy atom. The average Bonchev–Trinajstić information content (AvgIpc) is 3.62. The summed E-state index contributed by atoms with van der Waals surface area (Å²) in [5, 5.41) is 5.27. The van der Waals surface area contributed by atoms with Crippen LogP contribution >= 0.6 is 22.9 Å². The molecule has 3 aromatic heterocycles. The molecular formula is C26H24ClN5O3S. The monoisotopic (exact) mass is 521 g/mol. The third kappa shape index (κ3) is 4.72. The quantitative estimate of drug-likeness (QED) is 0.228. The number of halogens is 1. The number of fused-ring (bicyclic) bond motifs is 1. The number of benzene rings is 2. The fraction of sp³-hybridized carbons (Fsp3) is 0.231. The third-order valence-electron chi connectivity index (χ3n) is 5.71. The van der Waals surface area contributed by atoms with Crippen LogP contribution in [0, 0.1) is 6.92 Å². The van der Waals surface area contributed by atoms with Gasteiger partial charge in [0.05, 0.1) is 22.7 Å². The summed E-state index contributed by atoms with van der Waals surface area (Å²) < 4.78 is 14.2. The highest BCUT2D eigenvalue weighted by Crippen LogP contribution is 2.37. The second-order valence-electron chi connectivity index (χ2n) is 8.09. The van der Waals surface area contributed by atoms with Crippen molar-refractivity contribution in [3.05, 3.63) is 77.5 Å². The first-order valence-electron chi connectivity index (χ1n) is 11.6. The number of aromatic nitrogens is 4. The van der Waals surface area contributed by atoms with Crippen molar-refractivity contribution in [1.82, 2.24) is 19.7 Å². The summed E-state index contributed by atoms with van der Waals surface area (Å²) in [5.41, 5.74) is 2.16. The SMILES string of the molecule is CCOc1cccc2sc(N(CCCn3ccnc3)C(=O)c3c(-c4ccccc4Cl)noc3C)nc12. The smallest absolute Gasteiger partial charge is 0.265 e. The maximum atomic E-state index is 14.1. The summed E-state index contributed by atoms with van der Waals surface area (Å²) in [5.74, 6) is 0.873. The molecule has 1 amide bonds. The molecule has 5 rings (SSSR count). The zero-order valence-electron chi connectivity index (χ0n) is 19.8. The number of nitrogens with zero attached hydrogens (tertiary/aromatic N) is 5. The van der Waals surface area contributed by atoms with Gasteiger partial charge in [-0.1, -0.05) is 52.4 Å². The summed E-state index contributed by atoms with van der Waals surface area (Å²) in [6.07, 6.45) is 6.10. The number of carbonyl (C=O) groups is 1. The third-order valence-corrected chi connectivity index (χ3v) is 7.08. The minimum absolute atomic E-state index is 0.244. The molecule has 0 saturated heterocycles. The summed E-state index contributed by atoms with van der Waals surface area (Å²) in [6.45, 7) is 5.34. The van der Waals surface area contributed by atoms with E-state index in [1.54, 1.807) is 30.4 Å². The Morgan fingerprint density at radius 3 is 2.86 bits per heavy atom. The van der Waals surface area contributed by atoms with E-state index in [1.807, 2.05) is 54.1 Å². The van der Waals surface area contributed by atoms with Gasteiger partial charge in [-0.2, -0.15) is 0 Å². The Kier molecular flexibility index (Phi) is 7.02. The molecule has 36 heavy (non-hydrogen) atoms. The first-order chi connectivity index (χ1) is 17.6. The number of rotatable bonds is 9. The number of anilines is 1. The van der Waals surface area contributed by atoms with E-state index in [2.05, 4.69) is 10.1 Å². The highest BCUT2D eigenvalue weighted by molar-refractivity contribution is 7.22. The first kappa shape index (κ1) is 24.0. The predicted molar refractivity (Wildman–Crippen MR) is 141 cm³/mol. The van der Waals surface area contributed by atoms with Crippen LogP contribution in [0.25, 0.3) is 21.5 Å². The number of amides is 1. The number of para-hydroxylation sites is 1. The van der Waals surface area contributed by atoms with Gasteiger partial charge in [-0.15, -0.1) is 0 Å². The van der Waals surface area contributed by atoms with Crippen LogP contribution in [0.2, 0.25) is 5.02 Å². The summed E-state index contributed by atoms with van der Waals surface area (Å²) in [6, 6.07) is 13.1. The molecule has 3 heterocycles. The number of aryl methyl sites for hydroxylation is 2. The Morgan fingerprint density at radius 2 is 2.08 bits per heavy atom. The number of hydrogen-bond acceptors (Lipinski definition) is 7.